The molecule has 0 heterocycles. The summed E-state index contributed by atoms with van der Waals surface area (Å²) in [4.78, 5) is 0. The molecule has 2 unspecified atom stereocenters. The molecule has 0 saturated heterocycles. The third-order valence-electron chi connectivity index (χ3n) is 4.34. The molecule has 112 valence electrons. The van der Waals surface area contributed by atoms with Gasteiger partial charge in [0.1, 0.15) is 12.4 Å². The van der Waals surface area contributed by atoms with Crippen molar-refractivity contribution >= 4 is 0 Å². The summed E-state index contributed by atoms with van der Waals surface area (Å²) in [6.07, 6.45) is 5.09. The van der Waals surface area contributed by atoms with Crippen molar-refractivity contribution in [1.29, 1.82) is 0 Å². The summed E-state index contributed by atoms with van der Waals surface area (Å²) < 4.78 is 5.97. The van der Waals surface area contributed by atoms with Crippen molar-refractivity contribution in [3.05, 3.63) is 29.8 Å². The number of rotatable bonds is 9. The van der Waals surface area contributed by atoms with Crippen LogP contribution in [0.2, 0.25) is 0 Å². The highest BCUT2D eigenvalue weighted by molar-refractivity contribution is 5.29. The monoisotopic (exact) mass is 275 g/mol. The molecule has 1 fully saturated rings. The highest BCUT2D eigenvalue weighted by Gasteiger charge is 2.31. The van der Waals surface area contributed by atoms with Crippen LogP contribution in [0.25, 0.3) is 0 Å². The van der Waals surface area contributed by atoms with Gasteiger partial charge >= 0.3 is 0 Å². The first-order valence-electron chi connectivity index (χ1n) is 8.20. The molecule has 0 aromatic heterocycles. The van der Waals surface area contributed by atoms with Gasteiger partial charge in [0.25, 0.3) is 0 Å². The average Bonchev–Trinajstić information content (AvgIpc) is 3.32. The van der Waals surface area contributed by atoms with E-state index in [0.29, 0.717) is 12.0 Å². The third kappa shape index (κ3) is 4.52. The van der Waals surface area contributed by atoms with Gasteiger partial charge in [0.2, 0.25) is 0 Å². The normalized spacial score (nSPS) is 17.8. The van der Waals surface area contributed by atoms with Crippen molar-refractivity contribution in [2.24, 2.45) is 5.92 Å². The Labute approximate surface area is 123 Å². The van der Waals surface area contributed by atoms with Crippen molar-refractivity contribution in [2.75, 3.05) is 13.2 Å². The van der Waals surface area contributed by atoms with Gasteiger partial charge in [-0.05, 0) is 61.8 Å². The number of hydrogen-bond donors (Lipinski definition) is 1. The molecular formula is C18H29NO. The topological polar surface area (TPSA) is 21.3 Å². The fourth-order valence-corrected chi connectivity index (χ4v) is 2.50. The average molecular weight is 275 g/mol. The van der Waals surface area contributed by atoms with Crippen LogP contribution < -0.4 is 10.1 Å². The zero-order valence-electron chi connectivity index (χ0n) is 13.2. The van der Waals surface area contributed by atoms with Crippen LogP contribution in [-0.2, 0) is 0 Å². The third-order valence-corrected chi connectivity index (χ3v) is 4.34. The largest absolute Gasteiger partial charge is 0.492 e. The van der Waals surface area contributed by atoms with Crippen LogP contribution in [0.1, 0.15) is 57.9 Å². The molecule has 2 atom stereocenters. The van der Waals surface area contributed by atoms with Gasteiger partial charge in [0.05, 0.1) is 0 Å². The van der Waals surface area contributed by atoms with Gasteiger partial charge in [-0.3, -0.25) is 0 Å². The first kappa shape index (κ1) is 15.4. The van der Waals surface area contributed by atoms with Crippen LogP contribution in [-0.4, -0.2) is 19.2 Å². The molecule has 0 amide bonds. The number of ether oxygens (including phenoxy) is 1. The molecule has 2 rings (SSSR count). The van der Waals surface area contributed by atoms with Gasteiger partial charge in [0, 0.05) is 6.04 Å². The molecule has 2 heteroatoms. The van der Waals surface area contributed by atoms with Crippen LogP contribution >= 0.6 is 0 Å². The molecule has 0 spiro atoms. The molecule has 1 aliphatic carbocycles. The minimum Gasteiger partial charge on any atom is -0.492 e. The van der Waals surface area contributed by atoms with Crippen molar-refractivity contribution < 1.29 is 4.74 Å². The Hall–Kier alpha value is -1.02. The molecule has 0 radical (unpaired) electrons. The molecular weight excluding hydrogens is 246 g/mol. The Balaban J connectivity index is 1.82. The smallest absolute Gasteiger partial charge is 0.119 e. The number of nitrogens with one attached hydrogen (secondary N) is 1. The standard InChI is InChI=1S/C18H29NO/c1-4-12-19-18(16-6-7-16)13-20-17-10-8-15(9-11-17)14(3)5-2/h8-11,14,16,18-19H,4-7,12-13H2,1-3H3. The Morgan fingerprint density at radius 2 is 1.90 bits per heavy atom. The summed E-state index contributed by atoms with van der Waals surface area (Å²) in [5.41, 5.74) is 1.41. The van der Waals surface area contributed by atoms with Gasteiger partial charge in [-0.2, -0.15) is 0 Å². The Morgan fingerprint density at radius 1 is 1.20 bits per heavy atom. The maximum absolute atomic E-state index is 5.97. The van der Waals surface area contributed by atoms with E-state index in [1.165, 1.54) is 31.2 Å². The number of benzene rings is 1. The molecule has 1 saturated carbocycles. The molecule has 0 aliphatic heterocycles. The summed E-state index contributed by atoms with van der Waals surface area (Å²) in [7, 11) is 0. The fourth-order valence-electron chi connectivity index (χ4n) is 2.50. The first-order chi connectivity index (χ1) is 9.74. The summed E-state index contributed by atoms with van der Waals surface area (Å²) in [6.45, 7) is 8.61. The van der Waals surface area contributed by atoms with E-state index >= 15 is 0 Å². The lowest BCUT2D eigenvalue weighted by atomic mass is 9.99. The lowest BCUT2D eigenvalue weighted by Crippen LogP contribution is -2.37. The molecule has 1 aromatic carbocycles. The van der Waals surface area contributed by atoms with Crippen molar-refractivity contribution in [2.45, 2.75) is 58.4 Å². The van der Waals surface area contributed by atoms with Gasteiger partial charge in [-0.25, -0.2) is 0 Å². The van der Waals surface area contributed by atoms with E-state index in [0.717, 1.165) is 24.8 Å². The summed E-state index contributed by atoms with van der Waals surface area (Å²) in [5.74, 6) is 2.47. The van der Waals surface area contributed by atoms with E-state index in [1.807, 2.05) is 0 Å². The van der Waals surface area contributed by atoms with Crippen LogP contribution in [0.5, 0.6) is 5.75 Å². The second kappa shape index (κ2) is 7.68. The predicted molar refractivity (Wildman–Crippen MR) is 85.4 cm³/mol. The molecule has 0 bridgehead atoms. The van der Waals surface area contributed by atoms with Crippen LogP contribution in [0.4, 0.5) is 0 Å². The van der Waals surface area contributed by atoms with Crippen LogP contribution in [0.15, 0.2) is 24.3 Å². The summed E-state index contributed by atoms with van der Waals surface area (Å²) in [5, 5.41) is 3.62. The lowest BCUT2D eigenvalue weighted by Gasteiger charge is -2.19. The van der Waals surface area contributed by atoms with E-state index in [2.05, 4.69) is 50.4 Å². The van der Waals surface area contributed by atoms with E-state index in [4.69, 9.17) is 4.74 Å². The minimum atomic E-state index is 0.532. The Morgan fingerprint density at radius 3 is 2.45 bits per heavy atom. The van der Waals surface area contributed by atoms with Gasteiger partial charge in [-0.1, -0.05) is 32.9 Å². The van der Waals surface area contributed by atoms with Gasteiger partial charge in [-0.15, -0.1) is 0 Å². The number of hydrogen-bond acceptors (Lipinski definition) is 2. The van der Waals surface area contributed by atoms with E-state index < -0.39 is 0 Å². The van der Waals surface area contributed by atoms with Gasteiger partial charge < -0.3 is 10.1 Å². The van der Waals surface area contributed by atoms with Gasteiger partial charge in [0.15, 0.2) is 0 Å². The zero-order valence-corrected chi connectivity index (χ0v) is 13.2. The highest BCUT2D eigenvalue weighted by Crippen LogP contribution is 2.33. The van der Waals surface area contributed by atoms with E-state index in [1.54, 1.807) is 0 Å². The van der Waals surface area contributed by atoms with E-state index in [9.17, 15) is 0 Å². The first-order valence-corrected chi connectivity index (χ1v) is 8.20. The summed E-state index contributed by atoms with van der Waals surface area (Å²) >= 11 is 0. The predicted octanol–water partition coefficient (Wildman–Crippen LogP) is 4.36. The molecule has 1 aromatic rings. The Bertz CT molecular complexity index is 383. The molecule has 20 heavy (non-hydrogen) atoms. The fraction of sp³-hybridized carbons (Fsp3) is 0.667. The lowest BCUT2D eigenvalue weighted by molar-refractivity contribution is 0.249. The highest BCUT2D eigenvalue weighted by atomic mass is 16.5. The van der Waals surface area contributed by atoms with Crippen molar-refractivity contribution in [3.63, 3.8) is 0 Å². The van der Waals surface area contributed by atoms with Crippen LogP contribution in [0, 0.1) is 5.92 Å². The van der Waals surface area contributed by atoms with Crippen LogP contribution in [0.3, 0.4) is 0 Å². The second-order valence-electron chi connectivity index (χ2n) is 6.09. The van der Waals surface area contributed by atoms with Crippen molar-refractivity contribution in [1.82, 2.24) is 5.32 Å². The minimum absolute atomic E-state index is 0.532. The zero-order chi connectivity index (χ0) is 14.4. The van der Waals surface area contributed by atoms with E-state index in [-0.39, 0.29) is 0 Å². The molecule has 1 N–H and O–H groups in total. The Kier molecular flexibility index (Phi) is 5.90. The second-order valence-corrected chi connectivity index (χ2v) is 6.09. The summed E-state index contributed by atoms with van der Waals surface area (Å²) in [6, 6.07) is 9.17. The molecule has 2 nitrogen and oxygen atoms in total. The molecule has 1 aliphatic rings. The van der Waals surface area contributed by atoms with Crippen molar-refractivity contribution in [3.8, 4) is 5.75 Å². The maximum atomic E-state index is 5.97. The SMILES string of the molecule is CCCNC(COc1ccc(C(C)CC)cc1)C1CC1. The maximum Gasteiger partial charge on any atom is 0.119 e. The quantitative estimate of drug-likeness (QED) is 0.723.